The molecular weight excluding hydrogens is 733 g/mol. The summed E-state index contributed by atoms with van der Waals surface area (Å²) in [5, 5.41) is 19.2. The zero-order valence-electron chi connectivity index (χ0n) is 26.5. The minimum atomic E-state index is -5.08. The summed E-state index contributed by atoms with van der Waals surface area (Å²) in [4.78, 5) is 55.5. The van der Waals surface area contributed by atoms with Crippen molar-refractivity contribution >= 4 is 63.0 Å². The number of nitrogens with zero attached hydrogens (tertiary/aromatic N) is 6. The van der Waals surface area contributed by atoms with Crippen LogP contribution in [0.1, 0.15) is 28.9 Å². The molecule has 4 N–H and O–H groups in total. The summed E-state index contributed by atoms with van der Waals surface area (Å²) in [6.07, 6.45) is -5.34. The van der Waals surface area contributed by atoms with Crippen molar-refractivity contribution in [3.8, 4) is 0 Å². The fraction of sp³-hybridized carbons (Fsp3) is 0.258. The first-order valence-corrected chi connectivity index (χ1v) is 15.1. The third-order valence-corrected chi connectivity index (χ3v) is 7.66. The molecule has 1 aliphatic heterocycles. The van der Waals surface area contributed by atoms with Crippen molar-refractivity contribution in [2.24, 2.45) is 0 Å². The van der Waals surface area contributed by atoms with Gasteiger partial charge in [0, 0.05) is 48.9 Å². The summed E-state index contributed by atoms with van der Waals surface area (Å²) in [7, 11) is 0. The summed E-state index contributed by atoms with van der Waals surface area (Å²) in [6.45, 7) is 4.31. The van der Waals surface area contributed by atoms with Crippen molar-refractivity contribution in [2.45, 2.75) is 25.3 Å². The van der Waals surface area contributed by atoms with E-state index in [0.29, 0.717) is 48.2 Å². The third kappa shape index (κ3) is 9.50. The highest BCUT2D eigenvalue weighted by Gasteiger charge is 2.39. The normalized spacial score (nSPS) is 13.8. The van der Waals surface area contributed by atoms with Crippen molar-refractivity contribution < 1.29 is 55.3 Å². The first kappa shape index (κ1) is 39.0. The van der Waals surface area contributed by atoms with Gasteiger partial charge >= 0.3 is 24.3 Å². The predicted octanol–water partition coefficient (Wildman–Crippen LogP) is 6.10. The minimum absolute atomic E-state index is 0.105. The monoisotopic (exact) mass is 758 g/mol. The topological polar surface area (TPSA) is 178 Å². The molecule has 1 atom stereocenters. The van der Waals surface area contributed by atoms with Gasteiger partial charge in [-0.3, -0.25) is 9.78 Å². The van der Waals surface area contributed by atoms with Gasteiger partial charge in [-0.25, -0.2) is 28.9 Å². The number of imidazole rings is 1. The van der Waals surface area contributed by atoms with Gasteiger partial charge in [0.25, 0.3) is 5.91 Å². The number of carbonyl (C=O) groups excluding carboxylic acids is 1. The van der Waals surface area contributed by atoms with E-state index in [0.717, 1.165) is 27.7 Å². The van der Waals surface area contributed by atoms with Gasteiger partial charge in [-0.15, -0.1) is 0 Å². The number of hydrogen-bond donors (Lipinski definition) is 4. The second kappa shape index (κ2) is 16.0. The van der Waals surface area contributed by atoms with Crippen molar-refractivity contribution in [2.75, 3.05) is 36.4 Å². The van der Waals surface area contributed by atoms with E-state index < -0.39 is 24.3 Å². The number of aromatic amines is 1. The van der Waals surface area contributed by atoms with Gasteiger partial charge in [-0.2, -0.15) is 26.3 Å². The van der Waals surface area contributed by atoms with E-state index >= 15 is 0 Å². The Kier molecular flexibility index (Phi) is 12.0. The molecule has 0 aliphatic carbocycles. The van der Waals surface area contributed by atoms with Gasteiger partial charge in [-0.05, 0) is 49.4 Å². The number of amides is 1. The average Bonchev–Trinajstić information content (AvgIpc) is 3.58. The van der Waals surface area contributed by atoms with Crippen LogP contribution in [0.4, 0.5) is 42.2 Å². The third-order valence-electron chi connectivity index (χ3n) is 7.35. The van der Waals surface area contributed by atoms with Crippen LogP contribution in [-0.4, -0.2) is 96.4 Å². The Bertz CT molecular complexity index is 2030. The number of hydrogen-bond acceptors (Lipinski definition) is 9. The summed E-state index contributed by atoms with van der Waals surface area (Å²) in [6, 6.07) is 11.3. The maximum absolute atomic E-state index is 13.3. The number of carboxylic acid groups (broad SMARTS) is 2. The molecule has 2 aromatic carbocycles. The first-order chi connectivity index (χ1) is 24.4. The molecule has 1 aliphatic rings. The number of aromatic nitrogens is 5. The van der Waals surface area contributed by atoms with E-state index in [9.17, 15) is 35.5 Å². The molecule has 5 aromatic rings. The van der Waals surface area contributed by atoms with E-state index in [4.69, 9.17) is 36.4 Å². The number of alkyl halides is 6. The van der Waals surface area contributed by atoms with Crippen LogP contribution in [0, 0.1) is 5.82 Å². The van der Waals surface area contributed by atoms with Gasteiger partial charge in [0.05, 0.1) is 28.6 Å². The Morgan fingerprint density at radius 1 is 0.904 bits per heavy atom. The van der Waals surface area contributed by atoms with Gasteiger partial charge < -0.3 is 30.3 Å². The Balaban J connectivity index is 0.000000367. The highest BCUT2D eigenvalue weighted by molar-refractivity contribution is 6.36. The molecule has 0 saturated carbocycles. The largest absolute Gasteiger partial charge is 0.490 e. The zero-order valence-corrected chi connectivity index (χ0v) is 27.3. The van der Waals surface area contributed by atoms with Gasteiger partial charge in [0.15, 0.2) is 11.5 Å². The second-order valence-corrected chi connectivity index (χ2v) is 11.2. The first-order valence-electron chi connectivity index (χ1n) is 14.8. The number of carbonyl (C=O) groups is 3. The maximum atomic E-state index is 13.3. The van der Waals surface area contributed by atoms with Crippen molar-refractivity contribution in [3.05, 3.63) is 83.3 Å². The lowest BCUT2D eigenvalue weighted by Gasteiger charge is -2.38. The number of rotatable bonds is 5. The number of piperazine rings is 1. The molecule has 52 heavy (non-hydrogen) atoms. The van der Waals surface area contributed by atoms with Crippen LogP contribution < -0.4 is 10.2 Å². The van der Waals surface area contributed by atoms with Crippen LogP contribution >= 0.6 is 11.6 Å². The lowest BCUT2D eigenvalue weighted by molar-refractivity contribution is -0.193. The Morgan fingerprint density at radius 2 is 1.50 bits per heavy atom. The second-order valence-electron chi connectivity index (χ2n) is 10.8. The van der Waals surface area contributed by atoms with Crippen LogP contribution in [0.25, 0.3) is 22.1 Å². The number of benzene rings is 2. The molecule has 0 spiro atoms. The Hall–Kier alpha value is -5.79. The van der Waals surface area contributed by atoms with E-state index in [-0.39, 0.29) is 17.8 Å². The lowest BCUT2D eigenvalue weighted by Crippen LogP contribution is -2.49. The molecular formula is C31H26ClF7N8O5. The number of pyridine rings is 1. The van der Waals surface area contributed by atoms with Crippen molar-refractivity contribution in [3.63, 3.8) is 0 Å². The Morgan fingerprint density at radius 3 is 2.08 bits per heavy atom. The minimum Gasteiger partial charge on any atom is -0.475 e. The van der Waals surface area contributed by atoms with Gasteiger partial charge in [0.2, 0.25) is 0 Å². The molecule has 0 radical (unpaired) electrons. The highest BCUT2D eigenvalue weighted by atomic mass is 35.5. The summed E-state index contributed by atoms with van der Waals surface area (Å²) < 4.78 is 76.8. The molecule has 13 nitrogen and oxygen atoms in total. The van der Waals surface area contributed by atoms with E-state index in [1.54, 1.807) is 17.4 Å². The number of fused-ring (bicyclic) bond motifs is 2. The number of nitrogens with one attached hydrogen (secondary N) is 2. The quantitative estimate of drug-likeness (QED) is 0.152. The van der Waals surface area contributed by atoms with Crippen molar-refractivity contribution in [1.82, 2.24) is 29.8 Å². The molecule has 4 heterocycles. The van der Waals surface area contributed by atoms with Crippen LogP contribution in [0.15, 0.2) is 61.3 Å². The van der Waals surface area contributed by atoms with E-state index in [1.165, 1.54) is 30.6 Å². The standard InChI is InChI=1S/C27H24ClFN8O.2C2HF3O2/c1-16(35-26-23-25(32-14-31-23)33-15-34-26)20-13-21(28)19-3-2-8-30-22(19)24(20)36-9-11-37(12-10-36)27(38)17-4-6-18(29)7-5-17;2*3-2(4,5)1(6)7/h2-8,13-16H,9-12H2,1H3,(H2,31,32,33,34,35);2*(H,6,7). The van der Waals surface area contributed by atoms with Crippen LogP contribution in [0.5, 0.6) is 0 Å². The lowest BCUT2D eigenvalue weighted by atomic mass is 10.0. The number of anilines is 2. The Labute approximate surface area is 293 Å². The van der Waals surface area contributed by atoms with Crippen LogP contribution in [0.2, 0.25) is 5.02 Å². The number of carboxylic acids is 2. The summed E-state index contributed by atoms with van der Waals surface area (Å²) in [5.41, 5.74) is 4.51. The van der Waals surface area contributed by atoms with E-state index in [2.05, 4.69) is 30.2 Å². The molecule has 276 valence electrons. The summed E-state index contributed by atoms with van der Waals surface area (Å²) in [5.74, 6) is -5.34. The molecule has 0 bridgehead atoms. The molecule has 21 heteroatoms. The van der Waals surface area contributed by atoms with Crippen LogP contribution in [0.3, 0.4) is 0 Å². The molecule has 1 fully saturated rings. The molecule has 1 amide bonds. The molecule has 1 saturated heterocycles. The predicted molar refractivity (Wildman–Crippen MR) is 172 cm³/mol. The SMILES string of the molecule is CC(Nc1ncnc2nc[nH]c12)c1cc(Cl)c2cccnc2c1N1CCN(C(=O)c2ccc(F)cc2)CC1.O=C(O)C(F)(F)F.O=C(O)C(F)(F)F. The van der Waals surface area contributed by atoms with E-state index in [1.807, 2.05) is 25.1 Å². The highest BCUT2D eigenvalue weighted by Crippen LogP contribution is 2.39. The van der Waals surface area contributed by atoms with Crippen LogP contribution in [-0.2, 0) is 9.59 Å². The number of halogens is 8. The van der Waals surface area contributed by atoms with Gasteiger partial charge in [-0.1, -0.05) is 11.6 Å². The zero-order chi connectivity index (χ0) is 38.4. The maximum Gasteiger partial charge on any atom is 0.490 e. The smallest absolute Gasteiger partial charge is 0.475 e. The molecule has 1 unspecified atom stereocenters. The fourth-order valence-corrected chi connectivity index (χ4v) is 5.20. The number of H-pyrrole nitrogens is 1. The van der Waals surface area contributed by atoms with Gasteiger partial charge in [0.1, 0.15) is 17.7 Å². The molecule has 6 rings (SSSR count). The summed E-state index contributed by atoms with van der Waals surface area (Å²) >= 11 is 6.73. The molecule has 3 aromatic heterocycles. The fourth-order valence-electron chi connectivity index (χ4n) is 4.93. The van der Waals surface area contributed by atoms with Crippen molar-refractivity contribution in [1.29, 1.82) is 0 Å². The number of aliphatic carboxylic acids is 2. The average molecular weight is 759 g/mol.